The van der Waals surface area contributed by atoms with E-state index in [0.717, 1.165) is 33.3 Å². The van der Waals surface area contributed by atoms with Crippen molar-refractivity contribution in [2.45, 2.75) is 20.3 Å². The Labute approximate surface area is 187 Å². The van der Waals surface area contributed by atoms with Gasteiger partial charge in [0.05, 0.1) is 18.2 Å². The van der Waals surface area contributed by atoms with Crippen LogP contribution in [0.1, 0.15) is 17.5 Å². The normalized spacial score (nSPS) is 15.8. The van der Waals surface area contributed by atoms with Gasteiger partial charge in [-0.15, -0.1) is 0 Å². The maximum atomic E-state index is 13.0. The first-order valence-corrected chi connectivity index (χ1v) is 10.7. The summed E-state index contributed by atoms with van der Waals surface area (Å²) in [6.07, 6.45) is 0.144. The summed E-state index contributed by atoms with van der Waals surface area (Å²) in [6.45, 7) is 4.12. The molecule has 3 amide bonds. The van der Waals surface area contributed by atoms with Gasteiger partial charge in [-0.1, -0.05) is 54.6 Å². The van der Waals surface area contributed by atoms with Gasteiger partial charge in [0.2, 0.25) is 17.7 Å². The lowest BCUT2D eigenvalue weighted by Gasteiger charge is -2.22. The predicted octanol–water partition coefficient (Wildman–Crippen LogP) is 3.91. The monoisotopic (exact) mass is 429 g/mol. The van der Waals surface area contributed by atoms with Crippen LogP contribution in [0.2, 0.25) is 0 Å². The second-order valence-electron chi connectivity index (χ2n) is 8.41. The van der Waals surface area contributed by atoms with E-state index in [1.165, 1.54) is 4.90 Å². The Morgan fingerprint density at radius 1 is 1.00 bits per heavy atom. The molecular formula is C26H27N3O3. The Kier molecular flexibility index (Phi) is 5.95. The lowest BCUT2D eigenvalue weighted by molar-refractivity contribution is -0.137. The molecule has 0 unspecified atom stereocenters. The summed E-state index contributed by atoms with van der Waals surface area (Å²) in [4.78, 5) is 41.5. The third-order valence-electron chi connectivity index (χ3n) is 6.03. The summed E-state index contributed by atoms with van der Waals surface area (Å²) in [6, 6.07) is 19.5. The van der Waals surface area contributed by atoms with Crippen molar-refractivity contribution in [2.75, 3.05) is 30.4 Å². The van der Waals surface area contributed by atoms with Crippen LogP contribution >= 0.6 is 0 Å². The zero-order valence-electron chi connectivity index (χ0n) is 18.6. The predicted molar refractivity (Wildman–Crippen MR) is 127 cm³/mol. The summed E-state index contributed by atoms with van der Waals surface area (Å²) in [5.41, 5.74) is 3.54. The fourth-order valence-electron chi connectivity index (χ4n) is 4.35. The molecule has 1 aliphatic rings. The van der Waals surface area contributed by atoms with Gasteiger partial charge in [0.1, 0.15) is 0 Å². The molecule has 0 aromatic heterocycles. The highest BCUT2D eigenvalue weighted by Crippen LogP contribution is 2.32. The van der Waals surface area contributed by atoms with Gasteiger partial charge >= 0.3 is 0 Å². The first-order valence-electron chi connectivity index (χ1n) is 10.7. The smallest absolute Gasteiger partial charge is 0.243 e. The summed E-state index contributed by atoms with van der Waals surface area (Å²) in [5, 5.41) is 4.94. The molecular weight excluding hydrogens is 402 g/mol. The number of hydrogen-bond acceptors (Lipinski definition) is 3. The molecule has 32 heavy (non-hydrogen) atoms. The average Bonchev–Trinajstić information content (AvgIpc) is 3.16. The van der Waals surface area contributed by atoms with E-state index in [4.69, 9.17) is 0 Å². The van der Waals surface area contributed by atoms with E-state index in [2.05, 4.69) is 5.32 Å². The minimum absolute atomic E-state index is 0.0639. The Balaban J connectivity index is 1.43. The summed E-state index contributed by atoms with van der Waals surface area (Å²) < 4.78 is 0. The largest absolute Gasteiger partial charge is 0.336 e. The van der Waals surface area contributed by atoms with Gasteiger partial charge in [0, 0.05) is 31.1 Å². The van der Waals surface area contributed by atoms with E-state index < -0.39 is 5.92 Å². The van der Waals surface area contributed by atoms with Crippen LogP contribution < -0.4 is 10.2 Å². The molecule has 0 aliphatic carbocycles. The topological polar surface area (TPSA) is 69.7 Å². The van der Waals surface area contributed by atoms with Crippen molar-refractivity contribution in [3.05, 3.63) is 71.8 Å². The van der Waals surface area contributed by atoms with Gasteiger partial charge in [-0.2, -0.15) is 0 Å². The molecule has 1 aliphatic heterocycles. The van der Waals surface area contributed by atoms with Gasteiger partial charge in [-0.25, -0.2) is 0 Å². The summed E-state index contributed by atoms with van der Waals surface area (Å²) >= 11 is 0. The molecule has 0 bridgehead atoms. The quantitative estimate of drug-likeness (QED) is 0.669. The Hall–Kier alpha value is -3.67. The number of para-hydroxylation sites is 1. The third kappa shape index (κ3) is 4.21. The van der Waals surface area contributed by atoms with Crippen molar-refractivity contribution in [1.29, 1.82) is 0 Å². The molecule has 0 saturated carbocycles. The zero-order valence-corrected chi connectivity index (χ0v) is 18.6. The van der Waals surface area contributed by atoms with Gasteiger partial charge in [0.15, 0.2) is 0 Å². The van der Waals surface area contributed by atoms with Gasteiger partial charge in [-0.3, -0.25) is 14.4 Å². The van der Waals surface area contributed by atoms with Crippen molar-refractivity contribution in [1.82, 2.24) is 4.90 Å². The van der Waals surface area contributed by atoms with E-state index in [1.54, 1.807) is 11.9 Å². The number of amides is 3. The van der Waals surface area contributed by atoms with Crippen LogP contribution in [-0.2, 0) is 14.4 Å². The van der Waals surface area contributed by atoms with E-state index in [-0.39, 0.29) is 30.7 Å². The van der Waals surface area contributed by atoms with Crippen LogP contribution in [0.25, 0.3) is 10.8 Å². The Morgan fingerprint density at radius 3 is 2.41 bits per heavy atom. The van der Waals surface area contributed by atoms with Crippen molar-refractivity contribution in [2.24, 2.45) is 5.92 Å². The number of hydrogen-bond donors (Lipinski definition) is 1. The summed E-state index contributed by atoms with van der Waals surface area (Å²) in [7, 11) is 1.61. The Bertz CT molecular complexity index is 1180. The standard InChI is InChI=1S/C26H27N3O3/c1-17-8-6-9-18(2)25(17)27-23(30)16-28(3)26(32)20-14-24(31)29(15-20)22-13-7-11-19-10-4-5-12-21(19)22/h4-13,20H,14-16H2,1-3H3,(H,27,30)/t20-/m0/s1. The molecule has 0 radical (unpaired) electrons. The van der Waals surface area contributed by atoms with E-state index >= 15 is 0 Å². The van der Waals surface area contributed by atoms with Crippen LogP contribution in [0, 0.1) is 19.8 Å². The van der Waals surface area contributed by atoms with Crippen LogP contribution in [0.15, 0.2) is 60.7 Å². The van der Waals surface area contributed by atoms with E-state index in [9.17, 15) is 14.4 Å². The number of nitrogens with one attached hydrogen (secondary N) is 1. The molecule has 0 spiro atoms. The third-order valence-corrected chi connectivity index (χ3v) is 6.03. The van der Waals surface area contributed by atoms with Crippen LogP contribution in [0.4, 0.5) is 11.4 Å². The molecule has 1 saturated heterocycles. The number of anilines is 2. The van der Waals surface area contributed by atoms with Gasteiger partial charge in [-0.05, 0) is 36.4 Å². The second-order valence-corrected chi connectivity index (χ2v) is 8.41. The number of carbonyl (C=O) groups is 3. The minimum atomic E-state index is -0.473. The fraction of sp³-hybridized carbons (Fsp3) is 0.269. The highest BCUT2D eigenvalue weighted by Gasteiger charge is 2.37. The first-order chi connectivity index (χ1) is 15.3. The number of nitrogens with zero attached hydrogens (tertiary/aromatic N) is 2. The molecule has 3 aromatic carbocycles. The Morgan fingerprint density at radius 2 is 1.66 bits per heavy atom. The van der Waals surface area contributed by atoms with Crippen molar-refractivity contribution in [3.8, 4) is 0 Å². The van der Waals surface area contributed by atoms with Crippen molar-refractivity contribution >= 4 is 39.9 Å². The van der Waals surface area contributed by atoms with Crippen LogP contribution in [-0.4, -0.2) is 42.8 Å². The lowest BCUT2D eigenvalue weighted by atomic mass is 10.1. The summed E-state index contributed by atoms with van der Waals surface area (Å²) in [5.74, 6) is -1.00. The number of benzene rings is 3. The number of fused-ring (bicyclic) bond motifs is 1. The average molecular weight is 430 g/mol. The van der Waals surface area contributed by atoms with Crippen LogP contribution in [0.3, 0.4) is 0 Å². The molecule has 3 aromatic rings. The lowest BCUT2D eigenvalue weighted by Crippen LogP contribution is -2.39. The number of likely N-dealkylation sites (N-methyl/N-ethyl adjacent to an activating group) is 1. The van der Waals surface area contributed by atoms with Gasteiger partial charge in [0.25, 0.3) is 0 Å². The molecule has 164 valence electrons. The number of aryl methyl sites for hydroxylation is 2. The number of carbonyl (C=O) groups excluding carboxylic acids is 3. The van der Waals surface area contributed by atoms with E-state index in [0.29, 0.717) is 6.54 Å². The van der Waals surface area contributed by atoms with Gasteiger partial charge < -0.3 is 15.1 Å². The highest BCUT2D eigenvalue weighted by atomic mass is 16.2. The fourth-order valence-corrected chi connectivity index (χ4v) is 4.35. The second kappa shape index (κ2) is 8.83. The molecule has 1 fully saturated rings. The van der Waals surface area contributed by atoms with E-state index in [1.807, 2.05) is 74.5 Å². The maximum Gasteiger partial charge on any atom is 0.243 e. The molecule has 6 heteroatoms. The highest BCUT2D eigenvalue weighted by molar-refractivity contribution is 6.07. The molecule has 1 atom stereocenters. The molecule has 1 N–H and O–H groups in total. The van der Waals surface area contributed by atoms with Crippen molar-refractivity contribution in [3.63, 3.8) is 0 Å². The zero-order chi connectivity index (χ0) is 22.8. The number of rotatable bonds is 5. The SMILES string of the molecule is Cc1cccc(C)c1NC(=O)CN(C)C(=O)[C@H]1CC(=O)N(c2cccc3ccccc23)C1. The molecule has 1 heterocycles. The molecule has 6 nitrogen and oxygen atoms in total. The molecule has 4 rings (SSSR count). The van der Waals surface area contributed by atoms with Crippen LogP contribution in [0.5, 0.6) is 0 Å². The van der Waals surface area contributed by atoms with Crippen molar-refractivity contribution < 1.29 is 14.4 Å². The maximum absolute atomic E-state index is 13.0. The first kappa shape index (κ1) is 21.6. The minimum Gasteiger partial charge on any atom is -0.336 e.